The summed E-state index contributed by atoms with van der Waals surface area (Å²) < 4.78 is 68.0. The maximum Gasteiger partial charge on any atom is 1.00 e. The smallest absolute Gasteiger partial charge is 0.549 e. The van der Waals surface area contributed by atoms with Crippen molar-refractivity contribution in [2.75, 3.05) is 19.8 Å². The van der Waals surface area contributed by atoms with Gasteiger partial charge >= 0.3 is 41.5 Å². The Morgan fingerprint density at radius 2 is 1.92 bits per heavy atom. The van der Waals surface area contributed by atoms with Crippen LogP contribution in [0.1, 0.15) is 37.0 Å². The minimum Gasteiger partial charge on any atom is -0.549 e. The molecule has 1 saturated carbocycles. The molecule has 4 atom stereocenters. The molecule has 268 valence electrons. The molecule has 1 saturated heterocycles. The zero-order chi connectivity index (χ0) is 36.8. The third-order valence-electron chi connectivity index (χ3n) is 8.58. The van der Waals surface area contributed by atoms with Crippen molar-refractivity contribution >= 4 is 35.7 Å². The Morgan fingerprint density at radius 1 is 1.17 bits per heavy atom. The monoisotopic (exact) mass is 748 g/mol. The van der Waals surface area contributed by atoms with Crippen LogP contribution in [0.5, 0.6) is 0 Å². The molecule has 5 rings (SSSR count). The number of carbonyl (C=O) groups excluding carboxylic acids is 3. The zero-order valence-electron chi connectivity index (χ0n) is 28.4. The maximum atomic E-state index is 15.7. The molecule has 0 N–H and O–H groups in total. The summed E-state index contributed by atoms with van der Waals surface area (Å²) in [5.74, 6) is -7.11. The van der Waals surface area contributed by atoms with Crippen molar-refractivity contribution < 1.29 is 81.2 Å². The molecule has 2 unspecified atom stereocenters. The minimum atomic E-state index is -2.18. The van der Waals surface area contributed by atoms with Gasteiger partial charge in [0.1, 0.15) is 35.5 Å². The molecule has 2 aromatic carbocycles. The number of carboxylic acids is 1. The first-order chi connectivity index (χ1) is 24.4. The Hall–Kier alpha value is -3.98. The minimum absolute atomic E-state index is 0. The van der Waals surface area contributed by atoms with E-state index in [2.05, 4.69) is 10.1 Å². The molecule has 1 aliphatic heterocycles. The number of esters is 2. The van der Waals surface area contributed by atoms with Gasteiger partial charge in [-0.3, -0.25) is 9.59 Å². The number of carbonyl (C=O) groups is 3. The quantitative estimate of drug-likeness (QED) is 0.0970. The molecular formula is C35H32F3N4NaO8S. The van der Waals surface area contributed by atoms with Crippen molar-refractivity contribution in [3.05, 3.63) is 101 Å². The molecule has 17 heteroatoms. The van der Waals surface area contributed by atoms with Crippen LogP contribution >= 0.6 is 11.8 Å². The zero-order valence-corrected chi connectivity index (χ0v) is 31.2. The van der Waals surface area contributed by atoms with Gasteiger partial charge in [0, 0.05) is 35.3 Å². The third kappa shape index (κ3) is 9.32. The van der Waals surface area contributed by atoms with Gasteiger partial charge in [-0.05, 0) is 43.7 Å². The van der Waals surface area contributed by atoms with Crippen molar-refractivity contribution in [1.29, 1.82) is 5.26 Å². The molecule has 1 aromatic heterocycles. The summed E-state index contributed by atoms with van der Waals surface area (Å²) in [4.78, 5) is 41.6. The summed E-state index contributed by atoms with van der Waals surface area (Å²) >= 11 is 1.20. The van der Waals surface area contributed by atoms with Crippen LogP contribution in [0.25, 0.3) is 6.08 Å². The maximum absolute atomic E-state index is 15.7. The molecule has 0 spiro atoms. The van der Waals surface area contributed by atoms with Gasteiger partial charge in [-0.25, -0.2) is 22.8 Å². The molecule has 0 bridgehead atoms. The van der Waals surface area contributed by atoms with Gasteiger partial charge < -0.3 is 28.8 Å². The van der Waals surface area contributed by atoms with Crippen LogP contribution in [0.2, 0.25) is 0 Å². The van der Waals surface area contributed by atoms with Crippen LogP contribution in [0.15, 0.2) is 67.3 Å². The Kier molecular flexibility index (Phi) is 13.9. The number of carboxylic acid groups (broad SMARTS) is 1. The van der Waals surface area contributed by atoms with Gasteiger partial charge in [-0.2, -0.15) is 10.4 Å². The largest absolute Gasteiger partial charge is 1.00 e. The molecule has 0 radical (unpaired) electrons. The Bertz CT molecular complexity index is 1870. The normalized spacial score (nSPS) is 22.9. The summed E-state index contributed by atoms with van der Waals surface area (Å²) in [7, 11) is 0. The number of hydrogen-bond acceptors (Lipinski definition) is 12. The second kappa shape index (κ2) is 17.7. The number of nitriles is 1. The number of aliphatic carboxylic acids is 1. The van der Waals surface area contributed by atoms with E-state index in [-0.39, 0.29) is 79.0 Å². The molecule has 0 amide bonds. The predicted octanol–water partition coefficient (Wildman–Crippen LogP) is 0.462. The van der Waals surface area contributed by atoms with E-state index in [4.69, 9.17) is 24.2 Å². The average Bonchev–Trinajstić information content (AvgIpc) is 3.63. The van der Waals surface area contributed by atoms with Gasteiger partial charge in [0.05, 0.1) is 49.2 Å². The van der Waals surface area contributed by atoms with Crippen molar-refractivity contribution in [1.82, 2.24) is 14.8 Å². The first kappa shape index (κ1) is 40.8. The van der Waals surface area contributed by atoms with Crippen molar-refractivity contribution in [3.63, 3.8) is 0 Å². The molecule has 2 aliphatic rings. The Balaban J connectivity index is 0.00000605. The molecule has 1 aliphatic carbocycles. The Morgan fingerprint density at radius 3 is 2.54 bits per heavy atom. The van der Waals surface area contributed by atoms with Crippen LogP contribution in [-0.4, -0.2) is 69.3 Å². The molecule has 52 heavy (non-hydrogen) atoms. The standard InChI is InChI=1S/C35H33F3N4O8S.Na/c1-21(51-27-16-48-31(49-17-27)6-4-3-5-24-8-7-23(14-39)11-29(24)37)35(18-42-20-40-19-41-42,28-10-9-26(36)12-30(28)38)50-33(46)34(32(44)45)13-25(34)15-47-22(2)43;/h3-12,19-21,25,27,31H,13,15-18H2,1-2H3,(H,44,45);/q;+1/p-1/b5-3+,6-4+;/t21-,25?,27?,31?,34?,35-;/m1./s1. The van der Waals surface area contributed by atoms with Crippen LogP contribution in [0.4, 0.5) is 13.2 Å². The van der Waals surface area contributed by atoms with Crippen LogP contribution in [0.3, 0.4) is 0 Å². The van der Waals surface area contributed by atoms with Gasteiger partial charge in [0.25, 0.3) is 0 Å². The van der Waals surface area contributed by atoms with Gasteiger partial charge in [0.15, 0.2) is 11.9 Å². The molecule has 12 nitrogen and oxygen atoms in total. The first-order valence-electron chi connectivity index (χ1n) is 15.7. The van der Waals surface area contributed by atoms with Crippen LogP contribution in [-0.2, 0) is 45.5 Å². The second-order valence-corrected chi connectivity index (χ2v) is 13.6. The number of halogens is 3. The van der Waals surface area contributed by atoms with E-state index >= 15 is 4.39 Å². The Labute approximate surface area is 323 Å². The molecule has 3 aromatic rings. The summed E-state index contributed by atoms with van der Waals surface area (Å²) in [6, 6.07) is 8.72. The number of hydrogen-bond donors (Lipinski definition) is 0. The number of ether oxygens (including phenoxy) is 4. The summed E-state index contributed by atoms with van der Waals surface area (Å²) in [5.41, 5.74) is -3.93. The topological polar surface area (TPSA) is 166 Å². The van der Waals surface area contributed by atoms with Gasteiger partial charge in [-0.1, -0.05) is 24.3 Å². The van der Waals surface area contributed by atoms with Gasteiger partial charge in [0.2, 0.25) is 0 Å². The number of allylic oxidation sites excluding steroid dienone is 2. The third-order valence-corrected chi connectivity index (χ3v) is 10.0. The van der Waals surface area contributed by atoms with E-state index in [1.807, 2.05) is 6.07 Å². The van der Waals surface area contributed by atoms with E-state index in [1.54, 1.807) is 25.2 Å². The van der Waals surface area contributed by atoms with E-state index in [9.17, 15) is 28.3 Å². The van der Waals surface area contributed by atoms with E-state index in [0.717, 1.165) is 25.1 Å². The van der Waals surface area contributed by atoms with Crippen LogP contribution in [0, 0.1) is 40.1 Å². The predicted molar refractivity (Wildman–Crippen MR) is 172 cm³/mol. The summed E-state index contributed by atoms with van der Waals surface area (Å²) in [6.45, 7) is 2.30. The van der Waals surface area contributed by atoms with Crippen molar-refractivity contribution in [2.24, 2.45) is 11.3 Å². The van der Waals surface area contributed by atoms with Crippen molar-refractivity contribution in [2.45, 2.75) is 49.2 Å². The number of nitrogens with zero attached hydrogens (tertiary/aromatic N) is 4. The number of rotatable bonds is 14. The molecule has 2 fully saturated rings. The van der Waals surface area contributed by atoms with Crippen molar-refractivity contribution in [3.8, 4) is 6.07 Å². The molecular weight excluding hydrogens is 716 g/mol. The van der Waals surface area contributed by atoms with E-state index < -0.39 is 69.1 Å². The fourth-order valence-electron chi connectivity index (χ4n) is 5.71. The number of benzene rings is 2. The summed E-state index contributed by atoms with van der Waals surface area (Å²) in [6.07, 6.45) is 7.82. The number of aromatic nitrogens is 3. The van der Waals surface area contributed by atoms with E-state index in [0.29, 0.717) is 6.07 Å². The second-order valence-electron chi connectivity index (χ2n) is 12.0. The summed E-state index contributed by atoms with van der Waals surface area (Å²) in [5, 5.41) is 24.1. The first-order valence-corrected chi connectivity index (χ1v) is 16.6. The fourth-order valence-corrected chi connectivity index (χ4v) is 7.08. The van der Waals surface area contributed by atoms with Gasteiger partial charge in [-0.15, -0.1) is 11.8 Å². The van der Waals surface area contributed by atoms with Crippen LogP contribution < -0.4 is 34.7 Å². The average molecular weight is 749 g/mol. The SMILES string of the molecule is CC(=O)OCC1CC1(C(=O)[O-])C(=O)O[C@@](Cn1cncn1)(c1ccc(F)cc1F)[C@@H](C)SC1COC(/C=C/C=C/c2ccc(C#N)cc2F)OC1.[Na+]. The van der Waals surface area contributed by atoms with E-state index in [1.165, 1.54) is 47.3 Å². The molecule has 2 heterocycles. The number of thioether (sulfide) groups is 1. The fraction of sp³-hybridized carbons (Fsp3) is 0.371.